The van der Waals surface area contributed by atoms with Gasteiger partial charge < -0.3 is 14.3 Å². The first-order valence-electron chi connectivity index (χ1n) is 7.29. The Morgan fingerprint density at radius 3 is 2.45 bits per heavy atom. The van der Waals surface area contributed by atoms with E-state index in [0.717, 1.165) is 17.2 Å². The number of carbonyl (C=O) groups is 1. The van der Waals surface area contributed by atoms with E-state index >= 15 is 0 Å². The summed E-state index contributed by atoms with van der Waals surface area (Å²) in [5, 5.41) is 8.93. The quantitative estimate of drug-likeness (QED) is 0.626. The molecule has 0 saturated carbocycles. The zero-order valence-electron chi connectivity index (χ0n) is 14.3. The van der Waals surface area contributed by atoms with Crippen LogP contribution in [0.4, 0.5) is 0 Å². The molecule has 0 heterocycles. The van der Waals surface area contributed by atoms with Crippen LogP contribution in [0, 0.1) is 0 Å². The van der Waals surface area contributed by atoms with Crippen LogP contribution >= 0.6 is 0 Å². The fourth-order valence-electron chi connectivity index (χ4n) is 1.71. The molecule has 5 heteroatoms. The number of rotatable bonds is 6. The number of aliphatic carboxylic acids is 1. The molecule has 0 unspecified atom stereocenters. The van der Waals surface area contributed by atoms with Crippen LogP contribution in [0.15, 0.2) is 24.3 Å². The molecule has 0 amide bonds. The minimum Gasteiger partial charge on any atom is -0.496 e. The second-order valence-electron chi connectivity index (χ2n) is 6.75. The van der Waals surface area contributed by atoms with Crippen molar-refractivity contribution in [3.05, 3.63) is 35.4 Å². The van der Waals surface area contributed by atoms with Crippen molar-refractivity contribution in [2.45, 2.75) is 45.5 Å². The van der Waals surface area contributed by atoms with E-state index in [4.69, 9.17) is 14.3 Å². The molecule has 4 nitrogen and oxygen atoms in total. The van der Waals surface area contributed by atoms with E-state index in [2.05, 4.69) is 33.9 Å². The van der Waals surface area contributed by atoms with Gasteiger partial charge in [-0.2, -0.15) is 0 Å². The van der Waals surface area contributed by atoms with E-state index in [1.54, 1.807) is 13.2 Å². The van der Waals surface area contributed by atoms with Gasteiger partial charge in [-0.05, 0) is 35.8 Å². The maximum atomic E-state index is 10.7. The number of benzene rings is 1. The van der Waals surface area contributed by atoms with Gasteiger partial charge in [-0.25, -0.2) is 4.79 Å². The van der Waals surface area contributed by atoms with Crippen LogP contribution in [-0.2, 0) is 15.8 Å². The lowest BCUT2D eigenvalue weighted by molar-refractivity contribution is -0.131. The standard InChI is InChI=1S/C17H26O4Si/c1-17(2,3)22(5,6)21-12-14-13(10-11-16(18)19)8-7-9-15(14)20-4/h7-11H,12H2,1-6H3,(H,18,19). The van der Waals surface area contributed by atoms with Crippen LogP contribution < -0.4 is 4.74 Å². The minimum absolute atomic E-state index is 0.117. The maximum absolute atomic E-state index is 10.7. The average Bonchev–Trinajstić information content (AvgIpc) is 2.41. The SMILES string of the molecule is COc1cccc(C=CC(=O)O)c1CO[Si](C)(C)C(C)(C)C. The summed E-state index contributed by atoms with van der Waals surface area (Å²) in [5.74, 6) is -0.259. The van der Waals surface area contributed by atoms with E-state index in [1.165, 1.54) is 0 Å². The van der Waals surface area contributed by atoms with Crippen molar-refractivity contribution in [2.24, 2.45) is 0 Å². The van der Waals surface area contributed by atoms with Gasteiger partial charge in [0.15, 0.2) is 8.32 Å². The first-order valence-corrected chi connectivity index (χ1v) is 10.2. The zero-order valence-corrected chi connectivity index (χ0v) is 15.3. The largest absolute Gasteiger partial charge is 0.496 e. The summed E-state index contributed by atoms with van der Waals surface area (Å²) in [6.07, 6.45) is 2.71. The molecule has 0 bridgehead atoms. The number of hydrogen-bond acceptors (Lipinski definition) is 3. The third-order valence-electron chi connectivity index (χ3n) is 4.18. The molecule has 0 fully saturated rings. The number of hydrogen-bond donors (Lipinski definition) is 1. The molecular formula is C17H26O4Si. The van der Waals surface area contributed by atoms with Crippen molar-refractivity contribution in [1.82, 2.24) is 0 Å². The molecule has 1 aromatic rings. The average molecular weight is 322 g/mol. The van der Waals surface area contributed by atoms with Gasteiger partial charge in [0.2, 0.25) is 0 Å². The normalized spacial score (nSPS) is 12.6. The molecule has 0 radical (unpaired) electrons. The first-order chi connectivity index (χ1) is 10.1. The molecular weight excluding hydrogens is 296 g/mol. The summed E-state index contributed by atoms with van der Waals surface area (Å²) in [6.45, 7) is 11.4. The van der Waals surface area contributed by atoms with Gasteiger partial charge in [0.25, 0.3) is 0 Å². The highest BCUT2D eigenvalue weighted by Crippen LogP contribution is 2.38. The van der Waals surface area contributed by atoms with Crippen LogP contribution in [0.2, 0.25) is 18.1 Å². The first kappa shape index (κ1) is 18.5. The van der Waals surface area contributed by atoms with Crippen molar-refractivity contribution in [3.8, 4) is 5.75 Å². The van der Waals surface area contributed by atoms with Crippen LogP contribution in [-0.4, -0.2) is 26.5 Å². The summed E-state index contributed by atoms with van der Waals surface area (Å²) in [4.78, 5) is 10.7. The predicted octanol–water partition coefficient (Wildman–Crippen LogP) is 4.31. The van der Waals surface area contributed by atoms with Gasteiger partial charge in [-0.1, -0.05) is 32.9 Å². The van der Waals surface area contributed by atoms with Crippen LogP contribution in [0.1, 0.15) is 31.9 Å². The topological polar surface area (TPSA) is 55.8 Å². The van der Waals surface area contributed by atoms with Gasteiger partial charge in [0.05, 0.1) is 13.7 Å². The van der Waals surface area contributed by atoms with Crippen LogP contribution in [0.5, 0.6) is 5.75 Å². The fourth-order valence-corrected chi connectivity index (χ4v) is 2.65. The molecule has 0 aliphatic rings. The molecule has 22 heavy (non-hydrogen) atoms. The number of methoxy groups -OCH3 is 1. The van der Waals surface area contributed by atoms with E-state index < -0.39 is 14.3 Å². The Balaban J connectivity index is 3.09. The van der Waals surface area contributed by atoms with Crippen molar-refractivity contribution in [3.63, 3.8) is 0 Å². The Hall–Kier alpha value is -1.59. The van der Waals surface area contributed by atoms with Gasteiger partial charge in [0.1, 0.15) is 5.75 Å². The molecule has 122 valence electrons. The van der Waals surface area contributed by atoms with Gasteiger partial charge >= 0.3 is 5.97 Å². The molecule has 0 saturated heterocycles. The highest BCUT2D eigenvalue weighted by atomic mass is 28.4. The highest BCUT2D eigenvalue weighted by Gasteiger charge is 2.37. The van der Waals surface area contributed by atoms with Crippen LogP contribution in [0.25, 0.3) is 6.08 Å². The van der Waals surface area contributed by atoms with E-state index in [-0.39, 0.29) is 5.04 Å². The molecule has 0 spiro atoms. The smallest absolute Gasteiger partial charge is 0.328 e. The third-order valence-corrected chi connectivity index (χ3v) is 8.66. The Morgan fingerprint density at radius 1 is 1.32 bits per heavy atom. The number of ether oxygens (including phenoxy) is 1. The summed E-state index contributed by atoms with van der Waals surface area (Å²) < 4.78 is 11.6. The van der Waals surface area contributed by atoms with Crippen LogP contribution in [0.3, 0.4) is 0 Å². The Labute approximate surface area is 133 Å². The molecule has 1 aromatic carbocycles. The lowest BCUT2D eigenvalue weighted by Gasteiger charge is -2.36. The lowest BCUT2D eigenvalue weighted by atomic mass is 10.1. The Kier molecular flexibility index (Phi) is 5.97. The van der Waals surface area contributed by atoms with Gasteiger partial charge in [0, 0.05) is 11.6 Å². The Bertz CT molecular complexity index is 556. The highest BCUT2D eigenvalue weighted by molar-refractivity contribution is 6.74. The number of carboxylic acid groups (broad SMARTS) is 1. The second-order valence-corrected chi connectivity index (χ2v) is 11.6. The van der Waals surface area contributed by atoms with E-state index in [0.29, 0.717) is 12.4 Å². The predicted molar refractivity (Wildman–Crippen MR) is 91.6 cm³/mol. The molecule has 1 rings (SSSR count). The fraction of sp³-hybridized carbons (Fsp3) is 0.471. The number of carboxylic acids is 1. The summed E-state index contributed by atoms with van der Waals surface area (Å²) >= 11 is 0. The monoisotopic (exact) mass is 322 g/mol. The Morgan fingerprint density at radius 2 is 1.95 bits per heavy atom. The second kappa shape index (κ2) is 7.11. The molecule has 0 aliphatic carbocycles. The molecule has 0 atom stereocenters. The third kappa shape index (κ3) is 4.71. The summed E-state index contributed by atoms with van der Waals surface area (Å²) in [5.41, 5.74) is 1.69. The van der Waals surface area contributed by atoms with Crippen molar-refractivity contribution in [1.29, 1.82) is 0 Å². The van der Waals surface area contributed by atoms with E-state index in [1.807, 2.05) is 18.2 Å². The minimum atomic E-state index is -1.89. The molecule has 0 aliphatic heterocycles. The summed E-state index contributed by atoms with van der Waals surface area (Å²) in [6, 6.07) is 5.57. The maximum Gasteiger partial charge on any atom is 0.328 e. The van der Waals surface area contributed by atoms with Crippen molar-refractivity contribution in [2.75, 3.05) is 7.11 Å². The van der Waals surface area contributed by atoms with Gasteiger partial charge in [-0.3, -0.25) is 0 Å². The zero-order chi connectivity index (χ0) is 17.0. The molecule has 1 N–H and O–H groups in total. The molecule has 0 aromatic heterocycles. The van der Waals surface area contributed by atoms with Crippen molar-refractivity contribution >= 4 is 20.4 Å². The summed E-state index contributed by atoms with van der Waals surface area (Å²) in [7, 11) is -0.280. The van der Waals surface area contributed by atoms with Gasteiger partial charge in [-0.15, -0.1) is 0 Å². The van der Waals surface area contributed by atoms with Crippen molar-refractivity contribution < 1.29 is 19.1 Å². The van der Waals surface area contributed by atoms with E-state index in [9.17, 15) is 4.79 Å². The lowest BCUT2D eigenvalue weighted by Crippen LogP contribution is -2.40.